The highest BCUT2D eigenvalue weighted by atomic mass is 79.9. The van der Waals surface area contributed by atoms with E-state index in [-0.39, 0.29) is 12.5 Å². The van der Waals surface area contributed by atoms with Crippen LogP contribution in [0.2, 0.25) is 0 Å². The van der Waals surface area contributed by atoms with Crippen LogP contribution in [0.5, 0.6) is 0 Å². The van der Waals surface area contributed by atoms with Crippen molar-refractivity contribution in [2.75, 3.05) is 18.0 Å². The molecule has 5 heteroatoms. The summed E-state index contributed by atoms with van der Waals surface area (Å²) in [5.74, 6) is -0.747. The van der Waals surface area contributed by atoms with Gasteiger partial charge in [-0.3, -0.25) is 4.79 Å². The summed E-state index contributed by atoms with van der Waals surface area (Å²) in [6, 6.07) is 8.49. The summed E-state index contributed by atoms with van der Waals surface area (Å²) in [6.07, 6.45) is 1.18. The van der Waals surface area contributed by atoms with Crippen LogP contribution in [0.15, 0.2) is 28.7 Å². The lowest BCUT2D eigenvalue weighted by molar-refractivity contribution is -0.137. The molecule has 0 amide bonds. The molecular weight excluding hydrogens is 308 g/mol. The summed E-state index contributed by atoms with van der Waals surface area (Å²) >= 11 is 3.42. The Morgan fingerprint density at radius 1 is 1.47 bits per heavy atom. The molecule has 1 aromatic carbocycles. The average molecular weight is 327 g/mol. The van der Waals surface area contributed by atoms with Crippen LogP contribution in [0.1, 0.15) is 19.8 Å². The SMILES string of the molecule is CC1CCN(c2ccc(Br)cc2)C(CC(=O)O)CN1. The summed E-state index contributed by atoms with van der Waals surface area (Å²) < 4.78 is 1.03. The summed E-state index contributed by atoms with van der Waals surface area (Å²) in [6.45, 7) is 3.74. The van der Waals surface area contributed by atoms with Gasteiger partial charge in [-0.25, -0.2) is 0 Å². The van der Waals surface area contributed by atoms with Crippen LogP contribution in [0.25, 0.3) is 0 Å². The number of nitrogens with one attached hydrogen (secondary N) is 1. The molecule has 0 aliphatic carbocycles. The Kier molecular flexibility index (Phi) is 4.82. The Balaban J connectivity index is 2.20. The van der Waals surface area contributed by atoms with Gasteiger partial charge in [0.2, 0.25) is 0 Å². The number of rotatable bonds is 3. The highest BCUT2D eigenvalue weighted by Gasteiger charge is 2.25. The predicted octanol–water partition coefficient (Wildman–Crippen LogP) is 2.48. The van der Waals surface area contributed by atoms with E-state index in [4.69, 9.17) is 5.11 Å². The standard InChI is InChI=1S/C14H19BrN2O2/c1-10-6-7-17(12-4-2-11(15)3-5-12)13(9-16-10)8-14(18)19/h2-5,10,13,16H,6-9H2,1H3,(H,18,19). The maximum Gasteiger partial charge on any atom is 0.305 e. The van der Waals surface area contributed by atoms with Crippen LogP contribution in [0, 0.1) is 0 Å². The average Bonchev–Trinajstić information content (AvgIpc) is 2.53. The van der Waals surface area contributed by atoms with Crippen molar-refractivity contribution in [3.05, 3.63) is 28.7 Å². The second-order valence-electron chi connectivity index (χ2n) is 5.02. The number of carboxylic acids is 1. The van der Waals surface area contributed by atoms with Gasteiger partial charge in [-0.1, -0.05) is 15.9 Å². The van der Waals surface area contributed by atoms with E-state index in [1.165, 1.54) is 0 Å². The van der Waals surface area contributed by atoms with E-state index in [1.807, 2.05) is 24.3 Å². The van der Waals surface area contributed by atoms with Crippen LogP contribution in [-0.4, -0.2) is 36.2 Å². The molecule has 1 heterocycles. The van der Waals surface area contributed by atoms with E-state index in [9.17, 15) is 4.79 Å². The molecule has 1 aliphatic rings. The van der Waals surface area contributed by atoms with Gasteiger partial charge in [0.15, 0.2) is 0 Å². The lowest BCUT2D eigenvalue weighted by atomic mass is 10.1. The lowest BCUT2D eigenvalue weighted by Crippen LogP contribution is -2.41. The number of carbonyl (C=O) groups is 1. The number of carboxylic acid groups (broad SMARTS) is 1. The summed E-state index contributed by atoms with van der Waals surface area (Å²) in [5.41, 5.74) is 1.09. The van der Waals surface area contributed by atoms with Gasteiger partial charge in [-0.2, -0.15) is 0 Å². The molecule has 1 aromatic rings. The first-order chi connectivity index (χ1) is 9.06. The van der Waals surface area contributed by atoms with Crippen LogP contribution in [0.4, 0.5) is 5.69 Å². The summed E-state index contributed by atoms with van der Waals surface area (Å²) in [4.78, 5) is 13.2. The molecule has 0 aromatic heterocycles. The molecule has 19 heavy (non-hydrogen) atoms. The fourth-order valence-corrected chi connectivity index (χ4v) is 2.69. The van der Waals surface area contributed by atoms with Gasteiger partial charge in [0.1, 0.15) is 0 Å². The van der Waals surface area contributed by atoms with E-state index in [0.29, 0.717) is 12.6 Å². The Morgan fingerprint density at radius 2 is 2.16 bits per heavy atom. The van der Waals surface area contributed by atoms with Crippen molar-refractivity contribution in [1.29, 1.82) is 0 Å². The fourth-order valence-electron chi connectivity index (χ4n) is 2.42. The van der Waals surface area contributed by atoms with Crippen LogP contribution in [-0.2, 0) is 4.79 Å². The summed E-state index contributed by atoms with van der Waals surface area (Å²) in [7, 11) is 0. The number of nitrogens with zero attached hydrogens (tertiary/aromatic N) is 1. The van der Waals surface area contributed by atoms with Crippen molar-refractivity contribution >= 4 is 27.6 Å². The monoisotopic (exact) mass is 326 g/mol. The molecule has 1 saturated heterocycles. The van der Waals surface area contributed by atoms with Gasteiger partial charge in [-0.15, -0.1) is 0 Å². The third-order valence-corrected chi connectivity index (χ3v) is 4.04. The number of anilines is 1. The Morgan fingerprint density at radius 3 is 2.79 bits per heavy atom. The zero-order valence-electron chi connectivity index (χ0n) is 11.0. The Hall–Kier alpha value is -1.07. The zero-order valence-corrected chi connectivity index (χ0v) is 12.6. The first-order valence-electron chi connectivity index (χ1n) is 6.53. The summed E-state index contributed by atoms with van der Waals surface area (Å²) in [5, 5.41) is 12.5. The maximum absolute atomic E-state index is 11.0. The maximum atomic E-state index is 11.0. The third kappa shape index (κ3) is 3.94. The zero-order chi connectivity index (χ0) is 13.8. The van der Waals surface area contributed by atoms with E-state index >= 15 is 0 Å². The highest BCUT2D eigenvalue weighted by Crippen LogP contribution is 2.23. The molecule has 0 radical (unpaired) electrons. The van der Waals surface area contributed by atoms with Crippen molar-refractivity contribution < 1.29 is 9.90 Å². The van der Waals surface area contributed by atoms with E-state index in [0.717, 1.165) is 23.1 Å². The minimum atomic E-state index is -0.747. The number of halogens is 1. The van der Waals surface area contributed by atoms with Gasteiger partial charge in [0, 0.05) is 29.3 Å². The van der Waals surface area contributed by atoms with Crippen LogP contribution >= 0.6 is 15.9 Å². The molecule has 1 aliphatic heterocycles. The smallest absolute Gasteiger partial charge is 0.305 e. The van der Waals surface area contributed by atoms with Crippen molar-refractivity contribution in [3.8, 4) is 0 Å². The molecule has 0 saturated carbocycles. The largest absolute Gasteiger partial charge is 0.481 e. The van der Waals surface area contributed by atoms with Gasteiger partial charge in [0.05, 0.1) is 12.5 Å². The molecule has 2 N–H and O–H groups in total. The fraction of sp³-hybridized carbons (Fsp3) is 0.500. The van der Waals surface area contributed by atoms with Crippen LogP contribution in [0.3, 0.4) is 0 Å². The number of benzene rings is 1. The van der Waals surface area contributed by atoms with Gasteiger partial charge < -0.3 is 15.3 Å². The van der Waals surface area contributed by atoms with Crippen LogP contribution < -0.4 is 10.2 Å². The molecule has 2 rings (SSSR count). The Labute approximate surface area is 121 Å². The first-order valence-corrected chi connectivity index (χ1v) is 7.33. The van der Waals surface area contributed by atoms with Gasteiger partial charge in [0.25, 0.3) is 0 Å². The first kappa shape index (κ1) is 14.3. The second-order valence-corrected chi connectivity index (χ2v) is 5.94. The lowest BCUT2D eigenvalue weighted by Gasteiger charge is -2.31. The molecule has 2 unspecified atom stereocenters. The molecule has 0 spiro atoms. The van der Waals surface area contributed by atoms with Crippen molar-refractivity contribution in [3.63, 3.8) is 0 Å². The van der Waals surface area contributed by atoms with Gasteiger partial charge in [-0.05, 0) is 37.6 Å². The topological polar surface area (TPSA) is 52.6 Å². The minimum Gasteiger partial charge on any atom is -0.481 e. The number of hydrogen-bond acceptors (Lipinski definition) is 3. The molecule has 4 nitrogen and oxygen atoms in total. The number of hydrogen-bond donors (Lipinski definition) is 2. The van der Waals surface area contributed by atoms with E-state index in [1.54, 1.807) is 0 Å². The third-order valence-electron chi connectivity index (χ3n) is 3.51. The molecule has 1 fully saturated rings. The van der Waals surface area contributed by atoms with E-state index < -0.39 is 5.97 Å². The Bertz CT molecular complexity index is 436. The van der Waals surface area contributed by atoms with Crippen molar-refractivity contribution in [2.24, 2.45) is 0 Å². The molecule has 2 atom stereocenters. The highest BCUT2D eigenvalue weighted by molar-refractivity contribution is 9.10. The minimum absolute atomic E-state index is 0.00336. The van der Waals surface area contributed by atoms with Crippen molar-refractivity contribution in [1.82, 2.24) is 5.32 Å². The predicted molar refractivity (Wildman–Crippen MR) is 79.6 cm³/mol. The molecule has 0 bridgehead atoms. The molecular formula is C14H19BrN2O2. The van der Waals surface area contributed by atoms with Gasteiger partial charge >= 0.3 is 5.97 Å². The quantitative estimate of drug-likeness (QED) is 0.896. The normalized spacial score (nSPS) is 24.0. The van der Waals surface area contributed by atoms with E-state index in [2.05, 4.69) is 33.1 Å². The van der Waals surface area contributed by atoms with Crippen molar-refractivity contribution in [2.45, 2.75) is 31.8 Å². The molecule has 104 valence electrons. The second kappa shape index (κ2) is 6.39. The number of aliphatic carboxylic acids is 1.